The third-order valence-electron chi connectivity index (χ3n) is 2.24. The molecule has 5 nitrogen and oxygen atoms in total. The summed E-state index contributed by atoms with van der Waals surface area (Å²) in [5.74, 6) is -1.02. The zero-order valence-corrected chi connectivity index (χ0v) is 10.4. The van der Waals surface area contributed by atoms with Crippen molar-refractivity contribution in [2.75, 3.05) is 33.7 Å². The van der Waals surface area contributed by atoms with Crippen molar-refractivity contribution in [2.45, 2.75) is 26.2 Å². The minimum absolute atomic E-state index is 0.0638. The topological polar surface area (TPSA) is 60.9 Å². The molecule has 0 aliphatic carbocycles. The lowest BCUT2D eigenvalue weighted by Crippen LogP contribution is -2.39. The van der Waals surface area contributed by atoms with Crippen LogP contribution in [0.15, 0.2) is 0 Å². The molecule has 0 aromatic heterocycles. The maximum atomic E-state index is 11.7. The van der Waals surface area contributed by atoms with E-state index in [1.807, 2.05) is 25.9 Å². The van der Waals surface area contributed by atoms with Gasteiger partial charge in [-0.3, -0.25) is 9.59 Å². The van der Waals surface area contributed by atoms with Gasteiger partial charge in [-0.1, -0.05) is 13.3 Å². The molecule has 0 aliphatic rings. The van der Waals surface area contributed by atoms with E-state index in [1.165, 1.54) is 4.90 Å². The Labute approximate surface area is 97.0 Å². The van der Waals surface area contributed by atoms with E-state index in [0.29, 0.717) is 19.5 Å². The summed E-state index contributed by atoms with van der Waals surface area (Å²) in [5, 5.41) is 8.72. The van der Waals surface area contributed by atoms with E-state index in [1.54, 1.807) is 0 Å². The Hall–Kier alpha value is -1.10. The van der Waals surface area contributed by atoms with Crippen molar-refractivity contribution in [1.29, 1.82) is 0 Å². The maximum Gasteiger partial charge on any atom is 0.323 e. The van der Waals surface area contributed by atoms with E-state index in [0.717, 1.165) is 12.8 Å². The van der Waals surface area contributed by atoms with Crippen LogP contribution in [0.5, 0.6) is 0 Å². The van der Waals surface area contributed by atoms with Gasteiger partial charge in [-0.15, -0.1) is 0 Å². The highest BCUT2D eigenvalue weighted by Crippen LogP contribution is 2.01. The van der Waals surface area contributed by atoms with Crippen LogP contribution < -0.4 is 0 Å². The molecule has 1 amide bonds. The Morgan fingerprint density at radius 1 is 1.19 bits per heavy atom. The molecule has 0 bridgehead atoms. The third-order valence-corrected chi connectivity index (χ3v) is 2.24. The van der Waals surface area contributed by atoms with Crippen molar-refractivity contribution < 1.29 is 14.7 Å². The van der Waals surface area contributed by atoms with Gasteiger partial charge in [0.1, 0.15) is 6.54 Å². The third kappa shape index (κ3) is 7.23. The molecule has 0 saturated carbocycles. The van der Waals surface area contributed by atoms with E-state index in [2.05, 4.69) is 0 Å². The average Bonchev–Trinajstić information content (AvgIpc) is 2.19. The van der Waals surface area contributed by atoms with E-state index < -0.39 is 5.97 Å². The molecule has 0 fully saturated rings. The van der Waals surface area contributed by atoms with Crippen molar-refractivity contribution in [1.82, 2.24) is 9.80 Å². The summed E-state index contributed by atoms with van der Waals surface area (Å²) >= 11 is 0. The number of unbranched alkanes of at least 4 members (excludes halogenated alkanes) is 1. The molecule has 0 atom stereocenters. The highest BCUT2D eigenvalue weighted by molar-refractivity contribution is 5.81. The quantitative estimate of drug-likeness (QED) is 0.665. The van der Waals surface area contributed by atoms with E-state index in [4.69, 9.17) is 5.11 Å². The molecular weight excluding hydrogens is 208 g/mol. The molecule has 94 valence electrons. The fraction of sp³-hybridized carbons (Fsp3) is 0.818. The molecule has 0 saturated heterocycles. The monoisotopic (exact) mass is 230 g/mol. The first kappa shape index (κ1) is 14.9. The number of carboxylic acids is 1. The highest BCUT2D eigenvalue weighted by atomic mass is 16.4. The molecule has 5 heteroatoms. The maximum absolute atomic E-state index is 11.7. The second-order valence-electron chi connectivity index (χ2n) is 4.12. The van der Waals surface area contributed by atoms with Gasteiger partial charge in [-0.25, -0.2) is 0 Å². The predicted molar refractivity (Wildman–Crippen MR) is 62.3 cm³/mol. The van der Waals surface area contributed by atoms with Gasteiger partial charge in [-0.2, -0.15) is 0 Å². The molecular formula is C11H22N2O3. The lowest BCUT2D eigenvalue weighted by atomic mass is 10.2. The van der Waals surface area contributed by atoms with Gasteiger partial charge >= 0.3 is 5.97 Å². The number of hydrogen-bond acceptors (Lipinski definition) is 3. The zero-order valence-electron chi connectivity index (χ0n) is 10.4. The Bertz CT molecular complexity index is 229. The first-order valence-electron chi connectivity index (χ1n) is 5.61. The lowest BCUT2D eigenvalue weighted by Gasteiger charge is -2.22. The predicted octanol–water partition coefficient (Wildman–Crippen LogP) is 0.651. The highest BCUT2D eigenvalue weighted by Gasteiger charge is 2.15. The van der Waals surface area contributed by atoms with Gasteiger partial charge in [0, 0.05) is 19.5 Å². The fourth-order valence-electron chi connectivity index (χ4n) is 1.26. The Balaban J connectivity index is 4.17. The molecule has 1 N–H and O–H groups in total. The molecule has 16 heavy (non-hydrogen) atoms. The number of rotatable bonds is 8. The summed E-state index contributed by atoms with van der Waals surface area (Å²) < 4.78 is 0. The number of carboxylic acid groups (broad SMARTS) is 1. The van der Waals surface area contributed by atoms with Gasteiger partial charge < -0.3 is 14.9 Å². The number of hydrogen-bond donors (Lipinski definition) is 1. The molecule has 0 aliphatic heterocycles. The second kappa shape index (κ2) is 8.10. The molecule has 0 aromatic rings. The second-order valence-corrected chi connectivity index (χ2v) is 4.12. The standard InChI is InChI=1S/C11H22N2O3/c1-4-5-6-10(14)13(9-11(15)16)8-7-12(2)3/h4-9H2,1-3H3,(H,15,16). The number of carbonyl (C=O) groups is 2. The summed E-state index contributed by atoms with van der Waals surface area (Å²) in [6.07, 6.45) is 2.20. The van der Waals surface area contributed by atoms with Crippen molar-refractivity contribution in [3.63, 3.8) is 0 Å². The molecule has 0 radical (unpaired) electrons. The minimum atomic E-state index is -0.955. The molecule has 0 rings (SSSR count). The van der Waals surface area contributed by atoms with Crippen LogP contribution >= 0.6 is 0 Å². The number of amides is 1. The fourth-order valence-corrected chi connectivity index (χ4v) is 1.26. The van der Waals surface area contributed by atoms with Gasteiger partial charge in [0.25, 0.3) is 0 Å². The smallest absolute Gasteiger partial charge is 0.323 e. The summed E-state index contributed by atoms with van der Waals surface area (Å²) in [4.78, 5) is 25.7. The minimum Gasteiger partial charge on any atom is -0.480 e. The first-order valence-corrected chi connectivity index (χ1v) is 5.61. The van der Waals surface area contributed by atoms with Crippen LogP contribution in [0, 0.1) is 0 Å². The molecule has 0 unspecified atom stereocenters. The summed E-state index contributed by atoms with van der Waals surface area (Å²) in [7, 11) is 3.80. The van der Waals surface area contributed by atoms with Crippen LogP contribution in [0.25, 0.3) is 0 Å². The van der Waals surface area contributed by atoms with Crippen molar-refractivity contribution in [3.8, 4) is 0 Å². The molecule has 0 spiro atoms. The van der Waals surface area contributed by atoms with Gasteiger partial charge in [-0.05, 0) is 20.5 Å². The van der Waals surface area contributed by atoms with E-state index >= 15 is 0 Å². The van der Waals surface area contributed by atoms with Crippen LogP contribution in [0.4, 0.5) is 0 Å². The van der Waals surface area contributed by atoms with Crippen molar-refractivity contribution in [3.05, 3.63) is 0 Å². The lowest BCUT2D eigenvalue weighted by molar-refractivity contribution is -0.144. The van der Waals surface area contributed by atoms with Crippen LogP contribution in [0.2, 0.25) is 0 Å². The van der Waals surface area contributed by atoms with Crippen LogP contribution in [-0.2, 0) is 9.59 Å². The van der Waals surface area contributed by atoms with Gasteiger partial charge in [0.05, 0.1) is 0 Å². The normalized spacial score (nSPS) is 10.5. The summed E-state index contributed by atoms with van der Waals surface area (Å²) in [5.41, 5.74) is 0. The average molecular weight is 230 g/mol. The van der Waals surface area contributed by atoms with Gasteiger partial charge in [0.15, 0.2) is 0 Å². The molecule has 0 heterocycles. The number of nitrogens with zero attached hydrogens (tertiary/aromatic N) is 2. The van der Waals surface area contributed by atoms with Crippen LogP contribution in [0.3, 0.4) is 0 Å². The van der Waals surface area contributed by atoms with E-state index in [-0.39, 0.29) is 12.5 Å². The van der Waals surface area contributed by atoms with Gasteiger partial charge in [0.2, 0.25) is 5.91 Å². The van der Waals surface area contributed by atoms with E-state index in [9.17, 15) is 9.59 Å². The number of likely N-dealkylation sites (N-methyl/N-ethyl adjacent to an activating group) is 1. The first-order chi connectivity index (χ1) is 7.47. The zero-order chi connectivity index (χ0) is 12.6. The van der Waals surface area contributed by atoms with Crippen molar-refractivity contribution >= 4 is 11.9 Å². The van der Waals surface area contributed by atoms with Crippen LogP contribution in [0.1, 0.15) is 26.2 Å². The number of aliphatic carboxylic acids is 1. The Morgan fingerprint density at radius 3 is 2.25 bits per heavy atom. The summed E-state index contributed by atoms with van der Waals surface area (Å²) in [6, 6.07) is 0. The van der Waals surface area contributed by atoms with Crippen molar-refractivity contribution in [2.24, 2.45) is 0 Å². The SMILES string of the molecule is CCCCC(=O)N(CCN(C)C)CC(=O)O. The molecule has 0 aromatic carbocycles. The largest absolute Gasteiger partial charge is 0.480 e. The van der Waals surface area contributed by atoms with Crippen LogP contribution in [-0.4, -0.2) is 60.5 Å². The Kier molecular flexibility index (Phi) is 7.54. The summed E-state index contributed by atoms with van der Waals surface area (Å²) in [6.45, 7) is 2.97. The Morgan fingerprint density at radius 2 is 1.81 bits per heavy atom. The number of carbonyl (C=O) groups excluding carboxylic acids is 1.